The Morgan fingerprint density at radius 2 is 2.19 bits per heavy atom. The average molecular weight is 442 g/mol. The topological polar surface area (TPSA) is 124 Å². The highest BCUT2D eigenvalue weighted by Gasteiger charge is 2.35. The Hall–Kier alpha value is -3.22. The fourth-order valence-corrected chi connectivity index (χ4v) is 3.98. The molecule has 7 nitrogen and oxygen atoms in total. The van der Waals surface area contributed by atoms with Gasteiger partial charge in [-0.3, -0.25) is 14.8 Å². The number of nitrogens with two attached hydrogens (primary N) is 1. The molecule has 2 aromatic rings. The molecule has 1 aromatic heterocycles. The Kier molecular flexibility index (Phi) is 8.30. The van der Waals surface area contributed by atoms with Crippen molar-refractivity contribution in [1.29, 1.82) is 5.26 Å². The lowest BCUT2D eigenvalue weighted by molar-refractivity contribution is -0.105. The van der Waals surface area contributed by atoms with Gasteiger partial charge in [0.05, 0.1) is 17.7 Å². The summed E-state index contributed by atoms with van der Waals surface area (Å²) < 4.78 is 14.3. The predicted octanol–water partition coefficient (Wildman–Crippen LogP) is 3.59. The third kappa shape index (κ3) is 6.38. The van der Waals surface area contributed by atoms with Crippen LogP contribution in [0.25, 0.3) is 0 Å². The number of aliphatic imine (C=N–C) groups is 1. The van der Waals surface area contributed by atoms with Gasteiger partial charge in [0.25, 0.3) is 0 Å². The lowest BCUT2D eigenvalue weighted by atomic mass is 9.87. The number of rotatable bonds is 4. The number of aryl methyl sites for hydroxylation is 1. The summed E-state index contributed by atoms with van der Waals surface area (Å²) in [7, 11) is 0. The van der Waals surface area contributed by atoms with E-state index >= 15 is 0 Å². The molecule has 0 fully saturated rings. The van der Waals surface area contributed by atoms with Crippen LogP contribution in [0.5, 0.6) is 0 Å². The van der Waals surface area contributed by atoms with Crippen LogP contribution in [-0.4, -0.2) is 28.3 Å². The maximum absolute atomic E-state index is 14.3. The monoisotopic (exact) mass is 441 g/mol. The van der Waals surface area contributed by atoms with Gasteiger partial charge in [0.2, 0.25) is 6.41 Å². The number of thioether (sulfide) groups is 1. The normalized spacial score (nSPS) is 19.3. The molecule has 4 N–H and O–H groups in total. The Morgan fingerprint density at radius 1 is 1.45 bits per heavy atom. The highest BCUT2D eigenvalue weighted by Crippen LogP contribution is 2.43. The lowest BCUT2D eigenvalue weighted by Gasteiger charge is -2.32. The average Bonchev–Trinajstić information content (AvgIpc) is 2.75. The number of carbonyl (C=O) groups is 1. The molecular formula is C22H24FN5O2S. The van der Waals surface area contributed by atoms with Crippen LogP contribution in [0.2, 0.25) is 0 Å². The fraction of sp³-hybridized carbons (Fsp3) is 0.273. The SMILES string of the molecule is C/C(CO)=C1\CC(C)(c2cc(NC=O)ccc2F)N=C(N)S1.Cc1ccc(C#N)cn1. The highest BCUT2D eigenvalue weighted by molar-refractivity contribution is 8.17. The molecule has 1 atom stereocenters. The summed E-state index contributed by atoms with van der Waals surface area (Å²) in [6, 6.07) is 9.90. The predicted molar refractivity (Wildman–Crippen MR) is 121 cm³/mol. The number of nitriles is 1. The molecule has 0 radical (unpaired) electrons. The number of anilines is 1. The number of hydrogen-bond acceptors (Lipinski definition) is 7. The number of nitrogens with zero attached hydrogens (tertiary/aromatic N) is 3. The van der Waals surface area contributed by atoms with Gasteiger partial charge in [0, 0.05) is 29.6 Å². The summed E-state index contributed by atoms with van der Waals surface area (Å²) in [5.74, 6) is -0.414. The van der Waals surface area contributed by atoms with Crippen molar-refractivity contribution < 1.29 is 14.3 Å². The van der Waals surface area contributed by atoms with Crippen molar-refractivity contribution in [3.8, 4) is 6.07 Å². The van der Waals surface area contributed by atoms with Crippen molar-refractivity contribution in [2.75, 3.05) is 11.9 Å². The van der Waals surface area contributed by atoms with E-state index in [2.05, 4.69) is 15.3 Å². The largest absolute Gasteiger partial charge is 0.392 e. The Labute approximate surface area is 184 Å². The molecule has 0 aliphatic carbocycles. The third-order valence-corrected chi connectivity index (χ3v) is 5.65. The number of benzene rings is 1. The van der Waals surface area contributed by atoms with Gasteiger partial charge in [0.1, 0.15) is 11.9 Å². The number of hydrogen-bond donors (Lipinski definition) is 3. The number of aromatic nitrogens is 1. The van der Waals surface area contributed by atoms with E-state index in [4.69, 9.17) is 11.0 Å². The number of carbonyl (C=O) groups excluding carboxylic acids is 1. The summed E-state index contributed by atoms with van der Waals surface area (Å²) >= 11 is 1.29. The maximum atomic E-state index is 14.3. The lowest BCUT2D eigenvalue weighted by Crippen LogP contribution is -2.29. The van der Waals surface area contributed by atoms with E-state index in [1.54, 1.807) is 25.3 Å². The first kappa shape index (κ1) is 24.1. The first-order valence-electron chi connectivity index (χ1n) is 9.38. The van der Waals surface area contributed by atoms with Crippen molar-refractivity contribution in [3.63, 3.8) is 0 Å². The molecule has 2 heterocycles. The number of amides is 1. The van der Waals surface area contributed by atoms with Crippen molar-refractivity contribution >= 4 is 29.0 Å². The summed E-state index contributed by atoms with van der Waals surface area (Å²) in [6.45, 7) is 5.40. The molecule has 31 heavy (non-hydrogen) atoms. The van der Waals surface area contributed by atoms with Gasteiger partial charge in [-0.25, -0.2) is 4.39 Å². The summed E-state index contributed by atoms with van der Waals surface area (Å²) in [5.41, 5.74) is 8.18. The minimum absolute atomic E-state index is 0.0824. The Bertz CT molecular complexity index is 1050. The fourth-order valence-electron chi connectivity index (χ4n) is 2.89. The van der Waals surface area contributed by atoms with Gasteiger partial charge in [-0.2, -0.15) is 5.26 Å². The Balaban J connectivity index is 0.000000316. The Morgan fingerprint density at radius 3 is 2.77 bits per heavy atom. The third-order valence-electron chi connectivity index (χ3n) is 4.62. The maximum Gasteiger partial charge on any atom is 0.211 e. The first-order chi connectivity index (χ1) is 14.7. The van der Waals surface area contributed by atoms with Gasteiger partial charge < -0.3 is 16.2 Å². The highest BCUT2D eigenvalue weighted by atomic mass is 32.2. The molecular weight excluding hydrogens is 417 g/mol. The smallest absolute Gasteiger partial charge is 0.211 e. The second-order valence-electron chi connectivity index (χ2n) is 7.12. The number of aliphatic hydroxyl groups excluding tert-OH is 1. The molecule has 0 bridgehead atoms. The molecule has 1 unspecified atom stereocenters. The summed E-state index contributed by atoms with van der Waals surface area (Å²) in [6.07, 6.45) is 2.54. The van der Waals surface area contributed by atoms with E-state index in [-0.39, 0.29) is 6.61 Å². The number of nitrogens with one attached hydrogen (secondary N) is 1. The standard InChI is InChI=1S/C15H18FN3O2S.C7H6N2/c1-9(7-20)13-6-15(2,19-14(17)22-13)11-5-10(18-8-21)3-4-12(11)16;1-6-2-3-7(4-8)5-9-6/h3-5,8,20H,6-7H2,1-2H3,(H2,17,19)(H,18,21);2-3,5H,1H3/b13-9-;. The summed E-state index contributed by atoms with van der Waals surface area (Å²) in [4.78, 5) is 19.8. The van der Waals surface area contributed by atoms with Gasteiger partial charge in [-0.05, 0) is 61.6 Å². The van der Waals surface area contributed by atoms with Crippen LogP contribution in [0.15, 0.2) is 52.0 Å². The molecule has 0 saturated carbocycles. The molecule has 0 saturated heterocycles. The molecule has 9 heteroatoms. The van der Waals surface area contributed by atoms with Crippen LogP contribution < -0.4 is 11.1 Å². The number of amidine groups is 1. The van der Waals surface area contributed by atoms with Crippen molar-refractivity contribution in [3.05, 3.63) is 69.6 Å². The number of pyridine rings is 1. The van der Waals surface area contributed by atoms with E-state index in [0.29, 0.717) is 34.8 Å². The molecule has 1 aliphatic heterocycles. The molecule has 162 valence electrons. The second-order valence-corrected chi connectivity index (χ2v) is 8.24. The van der Waals surface area contributed by atoms with Crippen LogP contribution in [0.1, 0.15) is 37.1 Å². The minimum atomic E-state index is -0.883. The second kappa shape index (κ2) is 10.7. The molecule has 1 aliphatic rings. The van der Waals surface area contributed by atoms with Crippen LogP contribution in [0.3, 0.4) is 0 Å². The zero-order chi connectivity index (χ0) is 23.0. The molecule has 1 amide bonds. The van der Waals surface area contributed by atoms with E-state index in [1.165, 1.54) is 23.9 Å². The molecule has 1 aromatic carbocycles. The van der Waals surface area contributed by atoms with Crippen molar-refractivity contribution in [1.82, 2.24) is 4.98 Å². The number of aliphatic hydroxyl groups is 1. The van der Waals surface area contributed by atoms with E-state index in [1.807, 2.05) is 26.0 Å². The molecule has 3 rings (SSSR count). The molecule has 0 spiro atoms. The van der Waals surface area contributed by atoms with Crippen LogP contribution >= 0.6 is 11.8 Å². The first-order valence-corrected chi connectivity index (χ1v) is 10.2. The van der Waals surface area contributed by atoms with Crippen LogP contribution in [-0.2, 0) is 10.3 Å². The van der Waals surface area contributed by atoms with Crippen LogP contribution in [0.4, 0.5) is 10.1 Å². The van der Waals surface area contributed by atoms with E-state index in [0.717, 1.165) is 16.2 Å². The van der Waals surface area contributed by atoms with Gasteiger partial charge in [-0.1, -0.05) is 11.8 Å². The minimum Gasteiger partial charge on any atom is -0.392 e. The zero-order valence-corrected chi connectivity index (χ0v) is 18.3. The van der Waals surface area contributed by atoms with E-state index < -0.39 is 11.4 Å². The van der Waals surface area contributed by atoms with Crippen LogP contribution in [0, 0.1) is 24.1 Å². The summed E-state index contributed by atoms with van der Waals surface area (Å²) in [5, 5.41) is 20.5. The van der Waals surface area contributed by atoms with Gasteiger partial charge in [0.15, 0.2) is 5.17 Å². The van der Waals surface area contributed by atoms with E-state index in [9.17, 15) is 14.3 Å². The zero-order valence-electron chi connectivity index (χ0n) is 17.5. The quantitative estimate of drug-likeness (QED) is 0.623. The van der Waals surface area contributed by atoms with Gasteiger partial charge in [-0.15, -0.1) is 0 Å². The van der Waals surface area contributed by atoms with Crippen molar-refractivity contribution in [2.45, 2.75) is 32.7 Å². The van der Waals surface area contributed by atoms with Crippen molar-refractivity contribution in [2.24, 2.45) is 10.7 Å². The number of halogens is 1. The van der Waals surface area contributed by atoms with Gasteiger partial charge >= 0.3 is 0 Å².